The molecule has 83 valence electrons. The van der Waals surface area contributed by atoms with Crippen molar-refractivity contribution >= 4 is 0 Å². The molecule has 1 radical (unpaired) electrons. The third-order valence-corrected chi connectivity index (χ3v) is 1.45. The number of rotatable bonds is 3. The third-order valence-electron chi connectivity index (χ3n) is 1.45. The Morgan fingerprint density at radius 3 is 2.47 bits per heavy atom. The maximum atomic E-state index is 12.7. The molecular formula is C9H7F4O2. The summed E-state index contributed by atoms with van der Waals surface area (Å²) in [6, 6.07) is 2.86. The van der Waals surface area contributed by atoms with Gasteiger partial charge in [0.2, 0.25) is 0 Å². The van der Waals surface area contributed by atoms with Crippen LogP contribution in [0.15, 0.2) is 18.2 Å². The number of aliphatic hydroxyl groups excluding tert-OH is 1. The third kappa shape index (κ3) is 4.16. The quantitative estimate of drug-likeness (QED) is 0.798. The van der Waals surface area contributed by atoms with E-state index >= 15 is 0 Å². The highest BCUT2D eigenvalue weighted by Crippen LogP contribution is 2.21. The summed E-state index contributed by atoms with van der Waals surface area (Å²) >= 11 is 0. The van der Waals surface area contributed by atoms with E-state index in [1.807, 2.05) is 0 Å². The molecule has 1 aromatic rings. The molecule has 1 rings (SSSR count). The number of halogens is 4. The lowest BCUT2D eigenvalue weighted by Crippen LogP contribution is -2.19. The second kappa shape index (κ2) is 4.48. The molecule has 0 aliphatic carbocycles. The van der Waals surface area contributed by atoms with Gasteiger partial charge < -0.3 is 9.84 Å². The zero-order valence-corrected chi connectivity index (χ0v) is 7.38. The highest BCUT2D eigenvalue weighted by Gasteiger charge is 2.28. The Balaban J connectivity index is 2.73. The largest absolute Gasteiger partial charge is 0.484 e. The van der Waals surface area contributed by atoms with Crippen molar-refractivity contribution in [1.29, 1.82) is 0 Å². The van der Waals surface area contributed by atoms with Crippen LogP contribution < -0.4 is 4.74 Å². The Labute approximate surface area is 83.1 Å². The van der Waals surface area contributed by atoms with Crippen LogP contribution in [0.4, 0.5) is 17.6 Å². The first-order valence-electron chi connectivity index (χ1n) is 3.88. The Kier molecular flexibility index (Phi) is 3.52. The average molecular weight is 223 g/mol. The molecule has 15 heavy (non-hydrogen) atoms. The second-order valence-corrected chi connectivity index (χ2v) is 2.75. The summed E-state index contributed by atoms with van der Waals surface area (Å²) in [5.74, 6) is -1.07. The molecule has 0 aromatic heterocycles. The smallest absolute Gasteiger partial charge is 0.422 e. The molecule has 0 atom stereocenters. The van der Waals surface area contributed by atoms with E-state index < -0.39 is 18.6 Å². The Hall–Kier alpha value is -1.30. The maximum Gasteiger partial charge on any atom is 0.422 e. The van der Waals surface area contributed by atoms with Crippen molar-refractivity contribution in [3.63, 3.8) is 0 Å². The van der Waals surface area contributed by atoms with Crippen molar-refractivity contribution in [1.82, 2.24) is 0 Å². The lowest BCUT2D eigenvalue weighted by Gasteiger charge is -2.09. The summed E-state index contributed by atoms with van der Waals surface area (Å²) in [6.07, 6.45) is -4.48. The van der Waals surface area contributed by atoms with E-state index in [2.05, 4.69) is 4.74 Å². The Morgan fingerprint density at radius 2 is 1.93 bits per heavy atom. The summed E-state index contributed by atoms with van der Waals surface area (Å²) in [4.78, 5) is 0. The van der Waals surface area contributed by atoms with Crippen molar-refractivity contribution in [2.75, 3.05) is 6.61 Å². The molecule has 0 bridgehead atoms. The van der Waals surface area contributed by atoms with Crippen LogP contribution >= 0.6 is 0 Å². The zero-order valence-electron chi connectivity index (χ0n) is 7.38. The average Bonchev–Trinajstić information content (AvgIpc) is 2.13. The van der Waals surface area contributed by atoms with Gasteiger partial charge in [0.05, 0.1) is 0 Å². The summed E-state index contributed by atoms with van der Waals surface area (Å²) < 4.78 is 52.3. The molecule has 0 fully saturated rings. The SMILES string of the molecule is O[CH]c1cc(F)cc(OCC(F)(F)F)c1. The molecule has 0 saturated heterocycles. The van der Waals surface area contributed by atoms with Gasteiger partial charge in [0.1, 0.15) is 18.2 Å². The molecule has 6 heteroatoms. The summed E-state index contributed by atoms with van der Waals surface area (Å²) in [6.45, 7) is -0.926. The van der Waals surface area contributed by atoms with E-state index in [1.165, 1.54) is 0 Å². The first kappa shape index (κ1) is 11.8. The topological polar surface area (TPSA) is 29.5 Å². The fourth-order valence-electron chi connectivity index (χ4n) is 0.907. The lowest BCUT2D eigenvalue weighted by atomic mass is 10.2. The van der Waals surface area contributed by atoms with E-state index in [9.17, 15) is 17.6 Å². The number of hydrogen-bond donors (Lipinski definition) is 1. The molecule has 0 amide bonds. The van der Waals surface area contributed by atoms with Crippen LogP contribution in [0.5, 0.6) is 5.75 Å². The van der Waals surface area contributed by atoms with Crippen LogP contribution in [0.25, 0.3) is 0 Å². The van der Waals surface area contributed by atoms with Gasteiger partial charge in [-0.1, -0.05) is 0 Å². The van der Waals surface area contributed by atoms with Crippen LogP contribution in [0.1, 0.15) is 5.56 Å². The van der Waals surface area contributed by atoms with Gasteiger partial charge >= 0.3 is 6.18 Å². The van der Waals surface area contributed by atoms with Crippen molar-refractivity contribution in [3.05, 3.63) is 36.2 Å². The second-order valence-electron chi connectivity index (χ2n) is 2.75. The van der Waals surface area contributed by atoms with Gasteiger partial charge in [-0.05, 0) is 17.7 Å². The van der Waals surface area contributed by atoms with Crippen LogP contribution in [0.2, 0.25) is 0 Å². The van der Waals surface area contributed by atoms with E-state index in [0.717, 1.165) is 18.2 Å². The van der Waals surface area contributed by atoms with Crippen molar-refractivity contribution in [2.45, 2.75) is 6.18 Å². The standard InChI is InChI=1S/C9H7F4O2/c10-7-1-6(4-14)2-8(3-7)15-5-9(11,12)13/h1-4,14H,5H2. The van der Waals surface area contributed by atoms with E-state index in [0.29, 0.717) is 6.61 Å². The fraction of sp³-hybridized carbons (Fsp3) is 0.222. The van der Waals surface area contributed by atoms with Crippen molar-refractivity contribution in [2.24, 2.45) is 0 Å². The highest BCUT2D eigenvalue weighted by molar-refractivity contribution is 5.32. The van der Waals surface area contributed by atoms with Gasteiger partial charge in [0.15, 0.2) is 6.61 Å². The minimum Gasteiger partial charge on any atom is -0.484 e. The van der Waals surface area contributed by atoms with Gasteiger partial charge in [0, 0.05) is 6.07 Å². The van der Waals surface area contributed by atoms with Crippen LogP contribution in [0.3, 0.4) is 0 Å². The molecule has 0 aliphatic rings. The van der Waals surface area contributed by atoms with E-state index in [-0.39, 0.29) is 11.3 Å². The molecule has 0 unspecified atom stereocenters. The predicted molar refractivity (Wildman–Crippen MR) is 43.3 cm³/mol. The van der Waals surface area contributed by atoms with Gasteiger partial charge in [-0.2, -0.15) is 13.2 Å². The summed E-state index contributed by atoms with van der Waals surface area (Å²) in [5.41, 5.74) is 0.0344. The first-order chi connectivity index (χ1) is 6.90. The molecule has 1 aromatic carbocycles. The summed E-state index contributed by atoms with van der Waals surface area (Å²) in [5, 5.41) is 8.55. The maximum absolute atomic E-state index is 12.7. The normalized spacial score (nSPS) is 11.5. The number of alkyl halides is 3. The van der Waals surface area contributed by atoms with E-state index in [4.69, 9.17) is 5.11 Å². The number of hydrogen-bond acceptors (Lipinski definition) is 2. The van der Waals surface area contributed by atoms with Gasteiger partial charge in [0.25, 0.3) is 0 Å². The van der Waals surface area contributed by atoms with Crippen LogP contribution in [-0.4, -0.2) is 17.9 Å². The number of aliphatic hydroxyl groups is 1. The van der Waals surface area contributed by atoms with Crippen molar-refractivity contribution < 1.29 is 27.4 Å². The molecular weight excluding hydrogens is 216 g/mol. The number of ether oxygens (including phenoxy) is 1. The predicted octanol–water partition coefficient (Wildman–Crippen LogP) is 2.65. The van der Waals surface area contributed by atoms with Gasteiger partial charge in [-0.3, -0.25) is 0 Å². The minimum absolute atomic E-state index is 0.0344. The Bertz CT molecular complexity index is 335. The minimum atomic E-state index is -4.48. The Morgan fingerprint density at radius 1 is 1.27 bits per heavy atom. The number of benzene rings is 1. The molecule has 1 N–H and O–H groups in total. The van der Waals surface area contributed by atoms with Crippen LogP contribution in [-0.2, 0) is 0 Å². The molecule has 0 aliphatic heterocycles. The molecule has 2 nitrogen and oxygen atoms in total. The first-order valence-corrected chi connectivity index (χ1v) is 3.88. The summed E-state index contributed by atoms with van der Waals surface area (Å²) in [7, 11) is 0. The van der Waals surface area contributed by atoms with Crippen molar-refractivity contribution in [3.8, 4) is 5.75 Å². The molecule has 0 saturated carbocycles. The van der Waals surface area contributed by atoms with Crippen LogP contribution in [0, 0.1) is 12.4 Å². The van der Waals surface area contributed by atoms with Gasteiger partial charge in [-0.25, -0.2) is 4.39 Å². The zero-order chi connectivity index (χ0) is 11.5. The lowest BCUT2D eigenvalue weighted by molar-refractivity contribution is -0.153. The molecule has 0 heterocycles. The monoisotopic (exact) mass is 223 g/mol. The fourth-order valence-corrected chi connectivity index (χ4v) is 0.907. The highest BCUT2D eigenvalue weighted by atomic mass is 19.4. The van der Waals surface area contributed by atoms with E-state index in [1.54, 1.807) is 0 Å². The van der Waals surface area contributed by atoms with Gasteiger partial charge in [-0.15, -0.1) is 0 Å². The molecule has 0 spiro atoms.